The number of hydrogen-bond acceptors (Lipinski definition) is 6. The quantitative estimate of drug-likeness (QED) is 0.369. The number of piperazine rings is 1. The van der Waals surface area contributed by atoms with Gasteiger partial charge in [-0.05, 0) is 19.8 Å². The number of nitrogens with one attached hydrogen (secondary N) is 1. The largest absolute Gasteiger partial charge is 0.357 e. The van der Waals surface area contributed by atoms with E-state index >= 15 is 0 Å². The summed E-state index contributed by atoms with van der Waals surface area (Å²) in [6.07, 6.45) is 3.10. The molecule has 0 saturated carbocycles. The van der Waals surface area contributed by atoms with Crippen molar-refractivity contribution < 1.29 is 4.79 Å². The molecule has 1 N–H and O–H groups in total. The molecule has 152 valence electrons. The van der Waals surface area contributed by atoms with Gasteiger partial charge in [0.15, 0.2) is 5.96 Å². The molecule has 1 aromatic heterocycles. The lowest BCUT2D eigenvalue weighted by molar-refractivity contribution is -0.128. The first-order valence-corrected chi connectivity index (χ1v) is 10.4. The highest BCUT2D eigenvalue weighted by molar-refractivity contribution is 14.0. The van der Waals surface area contributed by atoms with Gasteiger partial charge in [0.05, 0.1) is 0 Å². The Morgan fingerprint density at radius 2 is 1.81 bits per heavy atom. The summed E-state index contributed by atoms with van der Waals surface area (Å²) in [4.78, 5) is 27.9. The van der Waals surface area contributed by atoms with Crippen molar-refractivity contribution in [2.75, 3.05) is 57.3 Å². The van der Waals surface area contributed by atoms with E-state index in [-0.39, 0.29) is 36.4 Å². The topological polar surface area (TPSA) is 77.0 Å². The smallest absolute Gasteiger partial charge is 0.244 e. The summed E-state index contributed by atoms with van der Waals surface area (Å²) >= 11 is 1.48. The molecule has 0 aliphatic carbocycles. The number of aryl methyl sites for hydroxylation is 1. The van der Waals surface area contributed by atoms with Gasteiger partial charge >= 0.3 is 0 Å². The number of nitrogens with zero attached hydrogens (tertiary/aromatic N) is 6. The molecule has 2 saturated heterocycles. The van der Waals surface area contributed by atoms with Crippen molar-refractivity contribution >= 4 is 52.5 Å². The molecule has 0 unspecified atom stereocenters. The zero-order chi connectivity index (χ0) is 18.4. The van der Waals surface area contributed by atoms with Crippen LogP contribution in [0.3, 0.4) is 0 Å². The van der Waals surface area contributed by atoms with E-state index in [9.17, 15) is 4.79 Å². The molecule has 2 aliphatic rings. The van der Waals surface area contributed by atoms with Crippen LogP contribution in [0.4, 0.5) is 5.13 Å². The number of carbonyl (C=O) groups is 1. The Labute approximate surface area is 182 Å². The maximum Gasteiger partial charge on any atom is 0.244 e. The summed E-state index contributed by atoms with van der Waals surface area (Å²) in [7, 11) is 0. The van der Waals surface area contributed by atoms with Gasteiger partial charge in [0.25, 0.3) is 0 Å². The second-order valence-corrected chi connectivity index (χ2v) is 7.31. The highest BCUT2D eigenvalue weighted by atomic mass is 127. The van der Waals surface area contributed by atoms with Crippen molar-refractivity contribution in [3.8, 4) is 0 Å². The number of aliphatic imine (C=N–C) groups is 1. The molecule has 0 bridgehead atoms. The lowest BCUT2D eigenvalue weighted by Crippen LogP contribution is -2.52. The first-order valence-electron chi connectivity index (χ1n) is 9.59. The van der Waals surface area contributed by atoms with Gasteiger partial charge in [0.2, 0.25) is 11.0 Å². The van der Waals surface area contributed by atoms with Crippen molar-refractivity contribution in [1.82, 2.24) is 24.5 Å². The lowest BCUT2D eigenvalue weighted by atomic mass is 10.3. The van der Waals surface area contributed by atoms with Gasteiger partial charge in [-0.3, -0.25) is 4.79 Å². The lowest BCUT2D eigenvalue weighted by Gasteiger charge is -2.36. The second-order valence-electron chi connectivity index (χ2n) is 6.58. The van der Waals surface area contributed by atoms with Gasteiger partial charge in [-0.2, -0.15) is 4.37 Å². The maximum absolute atomic E-state index is 12.3. The summed E-state index contributed by atoms with van der Waals surface area (Å²) in [5.74, 6) is 1.89. The third-order valence-electron chi connectivity index (χ3n) is 4.78. The van der Waals surface area contributed by atoms with Crippen LogP contribution >= 0.6 is 35.5 Å². The second kappa shape index (κ2) is 11.0. The molecule has 0 radical (unpaired) electrons. The van der Waals surface area contributed by atoms with Crippen LogP contribution in [0.1, 0.15) is 32.5 Å². The number of amides is 1. The number of halogens is 1. The Bertz CT molecular complexity index is 625. The van der Waals surface area contributed by atoms with Crippen molar-refractivity contribution in [1.29, 1.82) is 0 Å². The van der Waals surface area contributed by atoms with Crippen LogP contribution in [-0.2, 0) is 11.2 Å². The van der Waals surface area contributed by atoms with Crippen LogP contribution in [-0.4, -0.2) is 83.4 Å². The molecule has 2 fully saturated rings. The van der Waals surface area contributed by atoms with Crippen LogP contribution in [0, 0.1) is 0 Å². The number of carbonyl (C=O) groups excluding carboxylic acids is 1. The van der Waals surface area contributed by atoms with Crippen molar-refractivity contribution in [2.24, 2.45) is 4.99 Å². The molecule has 1 aromatic rings. The van der Waals surface area contributed by atoms with Gasteiger partial charge in [-0.25, -0.2) is 9.98 Å². The summed E-state index contributed by atoms with van der Waals surface area (Å²) in [5.41, 5.74) is 0. The molecular formula is C17H30IN7OS. The Kier molecular flexibility index (Phi) is 9.00. The molecule has 0 aromatic carbocycles. The van der Waals surface area contributed by atoms with Crippen LogP contribution in [0.25, 0.3) is 0 Å². The van der Waals surface area contributed by atoms with Gasteiger partial charge in [-0.1, -0.05) is 6.92 Å². The number of hydrogen-bond donors (Lipinski definition) is 1. The maximum atomic E-state index is 12.3. The molecule has 27 heavy (non-hydrogen) atoms. The molecule has 0 spiro atoms. The Morgan fingerprint density at radius 1 is 1.11 bits per heavy atom. The zero-order valence-corrected chi connectivity index (χ0v) is 19.3. The SMILES string of the molecule is CCNC(=NCC(=O)N1CCCC1)N1CCN(c2nc(CC)ns2)CC1.I. The molecular weight excluding hydrogens is 477 g/mol. The Morgan fingerprint density at radius 3 is 2.41 bits per heavy atom. The minimum absolute atomic E-state index is 0. The summed E-state index contributed by atoms with van der Waals surface area (Å²) in [6, 6.07) is 0. The molecule has 8 nitrogen and oxygen atoms in total. The van der Waals surface area contributed by atoms with Crippen LogP contribution in [0.5, 0.6) is 0 Å². The van der Waals surface area contributed by atoms with Crippen molar-refractivity contribution in [3.63, 3.8) is 0 Å². The van der Waals surface area contributed by atoms with E-state index in [1.165, 1.54) is 11.5 Å². The average Bonchev–Trinajstić information content (AvgIpc) is 3.37. The van der Waals surface area contributed by atoms with Crippen molar-refractivity contribution in [3.05, 3.63) is 5.82 Å². The third-order valence-corrected chi connectivity index (χ3v) is 5.60. The number of guanidine groups is 1. The normalized spacial score (nSPS) is 17.9. The predicted molar refractivity (Wildman–Crippen MR) is 120 cm³/mol. The zero-order valence-electron chi connectivity index (χ0n) is 16.2. The molecule has 3 heterocycles. The van der Waals surface area contributed by atoms with E-state index in [1.54, 1.807) is 0 Å². The predicted octanol–water partition coefficient (Wildman–Crippen LogP) is 1.43. The molecule has 0 atom stereocenters. The fourth-order valence-corrected chi connectivity index (χ4v) is 4.06. The fraction of sp³-hybridized carbons (Fsp3) is 0.765. The van der Waals surface area contributed by atoms with Crippen LogP contribution < -0.4 is 10.2 Å². The van der Waals surface area contributed by atoms with E-state index in [2.05, 4.69) is 43.3 Å². The first kappa shape index (κ1) is 22.1. The summed E-state index contributed by atoms with van der Waals surface area (Å²) in [5, 5.41) is 4.33. The van der Waals surface area contributed by atoms with E-state index in [0.717, 1.165) is 82.0 Å². The van der Waals surface area contributed by atoms with E-state index in [4.69, 9.17) is 0 Å². The van der Waals surface area contributed by atoms with Crippen molar-refractivity contribution in [2.45, 2.75) is 33.1 Å². The average molecular weight is 507 g/mol. The van der Waals surface area contributed by atoms with Gasteiger partial charge in [-0.15, -0.1) is 24.0 Å². The molecule has 2 aliphatic heterocycles. The molecule has 10 heteroatoms. The monoisotopic (exact) mass is 507 g/mol. The number of rotatable bonds is 5. The first-order chi connectivity index (χ1) is 12.7. The van der Waals surface area contributed by atoms with E-state index < -0.39 is 0 Å². The van der Waals surface area contributed by atoms with Crippen LogP contribution in [0.2, 0.25) is 0 Å². The third kappa shape index (κ3) is 5.90. The van der Waals surface area contributed by atoms with E-state index in [1.807, 2.05) is 4.90 Å². The van der Waals surface area contributed by atoms with Gasteiger partial charge < -0.3 is 20.0 Å². The fourth-order valence-electron chi connectivity index (χ4n) is 3.26. The summed E-state index contributed by atoms with van der Waals surface area (Å²) < 4.78 is 4.38. The van der Waals surface area contributed by atoms with Gasteiger partial charge in [0.1, 0.15) is 12.4 Å². The van der Waals surface area contributed by atoms with Crippen LogP contribution in [0.15, 0.2) is 4.99 Å². The standard InChI is InChI=1S/C17H29N7OS.HI/c1-3-14-20-17(26-21-14)24-11-9-23(10-12-24)16(18-4-2)19-13-15(25)22-7-5-6-8-22;/h3-13H2,1-2H3,(H,18,19);1H. The Hall–Kier alpha value is -1.17. The molecule has 1 amide bonds. The minimum atomic E-state index is 0. The summed E-state index contributed by atoms with van der Waals surface area (Å²) in [6.45, 7) is 10.4. The number of aromatic nitrogens is 2. The number of anilines is 1. The van der Waals surface area contributed by atoms with E-state index in [0.29, 0.717) is 0 Å². The molecule has 3 rings (SSSR count). The Balaban J connectivity index is 0.00000261. The highest BCUT2D eigenvalue weighted by Gasteiger charge is 2.23. The van der Waals surface area contributed by atoms with Gasteiger partial charge in [0, 0.05) is 63.8 Å². The highest BCUT2D eigenvalue weighted by Crippen LogP contribution is 2.19. The number of likely N-dealkylation sites (tertiary alicyclic amines) is 1. The minimum Gasteiger partial charge on any atom is -0.357 e.